The van der Waals surface area contributed by atoms with Gasteiger partial charge in [-0.1, -0.05) is 30.3 Å². The van der Waals surface area contributed by atoms with Crippen LogP contribution in [-0.2, 0) is 11.3 Å². The summed E-state index contributed by atoms with van der Waals surface area (Å²) in [5.41, 5.74) is 11.3. The second kappa shape index (κ2) is 5.72. The minimum absolute atomic E-state index is 0.150. The number of amides is 1. The van der Waals surface area contributed by atoms with Gasteiger partial charge in [0.25, 0.3) is 0 Å². The third-order valence-corrected chi connectivity index (χ3v) is 1.82. The van der Waals surface area contributed by atoms with Crippen LogP contribution in [0.1, 0.15) is 5.56 Å². The molecule has 0 aliphatic rings. The van der Waals surface area contributed by atoms with Crippen molar-refractivity contribution in [3.63, 3.8) is 0 Å². The first-order valence-electron chi connectivity index (χ1n) is 4.66. The number of hydrogen-bond donors (Lipinski definition) is 4. The van der Waals surface area contributed by atoms with Gasteiger partial charge in [0.2, 0.25) is 0 Å². The molecule has 0 saturated heterocycles. The molecular formula is C10H14N4O2. The minimum atomic E-state index is -1.01. The van der Waals surface area contributed by atoms with Gasteiger partial charge in [-0.2, -0.15) is 0 Å². The van der Waals surface area contributed by atoms with Crippen LogP contribution in [0.25, 0.3) is 0 Å². The van der Waals surface area contributed by atoms with Crippen molar-refractivity contribution in [2.75, 3.05) is 0 Å². The Morgan fingerprint density at radius 3 is 2.62 bits per heavy atom. The first kappa shape index (κ1) is 12.0. The number of amidine groups is 1. The fourth-order valence-corrected chi connectivity index (χ4v) is 0.970. The molecule has 1 unspecified atom stereocenters. The van der Waals surface area contributed by atoms with Crippen molar-refractivity contribution in [2.24, 2.45) is 11.5 Å². The van der Waals surface area contributed by atoms with Crippen molar-refractivity contribution >= 4 is 11.9 Å². The van der Waals surface area contributed by atoms with E-state index in [1.54, 1.807) is 0 Å². The average molecular weight is 222 g/mol. The monoisotopic (exact) mass is 222 g/mol. The van der Waals surface area contributed by atoms with Crippen LogP contribution in [0.3, 0.4) is 0 Å². The van der Waals surface area contributed by atoms with Crippen molar-refractivity contribution in [3.05, 3.63) is 35.9 Å². The zero-order valence-corrected chi connectivity index (χ0v) is 8.64. The fraction of sp³-hybridized carbons (Fsp3) is 0.200. The Kier molecular flexibility index (Phi) is 4.28. The van der Waals surface area contributed by atoms with Crippen LogP contribution in [0.15, 0.2) is 30.3 Å². The molecule has 0 bridgehead atoms. The summed E-state index contributed by atoms with van der Waals surface area (Å²) >= 11 is 0. The lowest BCUT2D eigenvalue weighted by atomic mass is 10.2. The number of ether oxygens (including phenoxy) is 1. The molecule has 1 rings (SSSR count). The second-order valence-electron chi connectivity index (χ2n) is 3.14. The van der Waals surface area contributed by atoms with Gasteiger partial charge in [0.15, 0.2) is 0 Å². The lowest BCUT2D eigenvalue weighted by Crippen LogP contribution is -2.50. The first-order valence-corrected chi connectivity index (χ1v) is 4.66. The van der Waals surface area contributed by atoms with E-state index in [1.807, 2.05) is 30.3 Å². The molecule has 86 valence electrons. The molecule has 0 spiro atoms. The SMILES string of the molecule is N=C(N)C(N)NC(=O)OCc1ccccc1. The number of carbonyl (C=O) groups excluding carboxylic acids is 1. The maximum atomic E-state index is 11.2. The van der Waals surface area contributed by atoms with Gasteiger partial charge in [0.1, 0.15) is 18.6 Å². The predicted octanol–water partition coefficient (Wildman–Crippen LogP) is 0.134. The van der Waals surface area contributed by atoms with E-state index >= 15 is 0 Å². The van der Waals surface area contributed by atoms with Crippen LogP contribution < -0.4 is 16.8 Å². The molecule has 1 aromatic carbocycles. The van der Waals surface area contributed by atoms with Crippen LogP contribution >= 0.6 is 0 Å². The molecule has 0 saturated carbocycles. The summed E-state index contributed by atoms with van der Waals surface area (Å²) in [6.07, 6.45) is -1.71. The van der Waals surface area contributed by atoms with Crippen molar-refractivity contribution in [3.8, 4) is 0 Å². The molecular weight excluding hydrogens is 208 g/mol. The quantitative estimate of drug-likeness (QED) is 0.329. The maximum absolute atomic E-state index is 11.2. The van der Waals surface area contributed by atoms with Gasteiger partial charge in [-0.3, -0.25) is 10.7 Å². The van der Waals surface area contributed by atoms with E-state index in [4.69, 9.17) is 21.6 Å². The van der Waals surface area contributed by atoms with Gasteiger partial charge in [0, 0.05) is 0 Å². The smallest absolute Gasteiger partial charge is 0.409 e. The third-order valence-electron chi connectivity index (χ3n) is 1.82. The highest BCUT2D eigenvalue weighted by atomic mass is 16.5. The minimum Gasteiger partial charge on any atom is -0.445 e. The summed E-state index contributed by atoms with van der Waals surface area (Å²) in [5.74, 6) is -0.323. The second-order valence-corrected chi connectivity index (χ2v) is 3.14. The summed E-state index contributed by atoms with van der Waals surface area (Å²) < 4.78 is 4.87. The molecule has 1 atom stereocenters. The van der Waals surface area contributed by atoms with Gasteiger partial charge < -0.3 is 16.2 Å². The number of alkyl carbamates (subject to hydrolysis) is 1. The van der Waals surface area contributed by atoms with Crippen LogP contribution in [0.2, 0.25) is 0 Å². The predicted molar refractivity (Wildman–Crippen MR) is 59.7 cm³/mol. The Bertz CT molecular complexity index is 366. The summed E-state index contributed by atoms with van der Waals surface area (Å²) in [4.78, 5) is 11.2. The Hall–Kier alpha value is -2.08. The van der Waals surface area contributed by atoms with Crippen LogP contribution in [0.4, 0.5) is 4.79 Å². The standard InChI is InChI=1S/C10H14N4O2/c11-8(12)9(13)14-10(15)16-6-7-4-2-1-3-5-7/h1-5,9H,6,13H2,(H3,11,12)(H,14,15). The highest BCUT2D eigenvalue weighted by molar-refractivity contribution is 5.85. The lowest BCUT2D eigenvalue weighted by Gasteiger charge is -2.12. The van der Waals surface area contributed by atoms with Gasteiger partial charge in [0.05, 0.1) is 0 Å². The number of nitrogens with one attached hydrogen (secondary N) is 2. The van der Waals surface area contributed by atoms with Crippen LogP contribution in [0.5, 0.6) is 0 Å². The van der Waals surface area contributed by atoms with Gasteiger partial charge >= 0.3 is 6.09 Å². The topological polar surface area (TPSA) is 114 Å². The van der Waals surface area contributed by atoms with Crippen LogP contribution in [0, 0.1) is 5.41 Å². The number of benzene rings is 1. The summed E-state index contributed by atoms with van der Waals surface area (Å²) in [7, 11) is 0. The molecule has 6 N–H and O–H groups in total. The highest BCUT2D eigenvalue weighted by Gasteiger charge is 2.10. The molecule has 0 aliphatic heterocycles. The van der Waals surface area contributed by atoms with Crippen molar-refractivity contribution in [1.29, 1.82) is 5.41 Å². The van der Waals surface area contributed by atoms with E-state index in [1.165, 1.54) is 0 Å². The van der Waals surface area contributed by atoms with Crippen LogP contribution in [-0.4, -0.2) is 18.1 Å². The zero-order chi connectivity index (χ0) is 12.0. The third kappa shape index (κ3) is 3.97. The lowest BCUT2D eigenvalue weighted by molar-refractivity contribution is 0.138. The molecule has 0 heterocycles. The van der Waals surface area contributed by atoms with E-state index in [0.717, 1.165) is 5.56 Å². The Balaban J connectivity index is 2.33. The molecule has 0 fully saturated rings. The highest BCUT2D eigenvalue weighted by Crippen LogP contribution is 2.00. The molecule has 6 heteroatoms. The molecule has 1 amide bonds. The van der Waals surface area contributed by atoms with E-state index in [9.17, 15) is 4.79 Å². The Labute approximate surface area is 93.1 Å². The number of carbonyl (C=O) groups is 1. The molecule has 0 radical (unpaired) electrons. The average Bonchev–Trinajstić information content (AvgIpc) is 2.27. The molecule has 1 aromatic rings. The summed E-state index contributed by atoms with van der Waals surface area (Å²) in [6.45, 7) is 0.150. The van der Waals surface area contributed by atoms with Gasteiger partial charge in [-0.15, -0.1) is 0 Å². The van der Waals surface area contributed by atoms with Gasteiger partial charge in [-0.25, -0.2) is 4.79 Å². The van der Waals surface area contributed by atoms with Crippen molar-refractivity contribution in [1.82, 2.24) is 5.32 Å². The Morgan fingerprint density at radius 1 is 1.44 bits per heavy atom. The van der Waals surface area contributed by atoms with Crippen molar-refractivity contribution < 1.29 is 9.53 Å². The molecule has 0 aromatic heterocycles. The van der Waals surface area contributed by atoms with E-state index < -0.39 is 12.3 Å². The number of nitrogens with two attached hydrogens (primary N) is 2. The largest absolute Gasteiger partial charge is 0.445 e. The fourth-order valence-electron chi connectivity index (χ4n) is 0.970. The maximum Gasteiger partial charge on any atom is 0.409 e. The van der Waals surface area contributed by atoms with Crippen molar-refractivity contribution in [2.45, 2.75) is 12.8 Å². The van der Waals surface area contributed by atoms with E-state index in [2.05, 4.69) is 5.32 Å². The summed E-state index contributed by atoms with van der Waals surface area (Å²) in [6, 6.07) is 9.22. The van der Waals surface area contributed by atoms with E-state index in [-0.39, 0.29) is 12.4 Å². The molecule has 6 nitrogen and oxygen atoms in total. The molecule has 16 heavy (non-hydrogen) atoms. The summed E-state index contributed by atoms with van der Waals surface area (Å²) in [5, 5.41) is 9.19. The Morgan fingerprint density at radius 2 is 2.06 bits per heavy atom. The van der Waals surface area contributed by atoms with Gasteiger partial charge in [-0.05, 0) is 5.56 Å². The number of hydrogen-bond acceptors (Lipinski definition) is 4. The zero-order valence-electron chi connectivity index (χ0n) is 8.64. The van der Waals surface area contributed by atoms with E-state index in [0.29, 0.717) is 0 Å². The molecule has 0 aliphatic carbocycles. The normalized spacial score (nSPS) is 11.6. The first-order chi connectivity index (χ1) is 7.59. The number of rotatable bonds is 4.